The van der Waals surface area contributed by atoms with Crippen molar-refractivity contribution in [3.63, 3.8) is 0 Å². The van der Waals surface area contributed by atoms with Gasteiger partial charge in [0.05, 0.1) is 0 Å². The first-order chi connectivity index (χ1) is 4.61. The topological polar surface area (TPSA) is 0 Å². The normalized spacial score (nSPS) is 10.5. The minimum atomic E-state index is -0.304. The summed E-state index contributed by atoms with van der Waals surface area (Å²) < 4.78 is 0. The standard InChI is InChI=1S/C9H14B.Li/c1-10(2,3)9-7-5-4-6-8-9;/h4-8H,1-3H3;/q-1;+1. The summed E-state index contributed by atoms with van der Waals surface area (Å²) in [5.74, 6) is 0. The molecule has 0 aliphatic carbocycles. The van der Waals surface area contributed by atoms with E-state index < -0.39 is 0 Å². The quantitative estimate of drug-likeness (QED) is 0.449. The zero-order chi connectivity index (χ0) is 7.61. The molecule has 0 atom stereocenters. The first kappa shape index (κ1) is 10.9. The van der Waals surface area contributed by atoms with Crippen LogP contribution in [0, 0.1) is 0 Å². The van der Waals surface area contributed by atoms with Crippen LogP contribution < -0.4 is 24.3 Å². The molecule has 0 aliphatic heterocycles. The molecule has 0 saturated carbocycles. The van der Waals surface area contributed by atoms with Gasteiger partial charge in [0.15, 0.2) is 0 Å². The van der Waals surface area contributed by atoms with Gasteiger partial charge in [0.2, 0.25) is 0 Å². The number of benzene rings is 1. The molecule has 0 aliphatic rings. The minimum absolute atomic E-state index is 0. The molecule has 1 rings (SSSR count). The predicted octanol–water partition coefficient (Wildman–Crippen LogP) is -0.764. The van der Waals surface area contributed by atoms with E-state index in [2.05, 4.69) is 50.8 Å². The molecule has 0 amide bonds. The predicted molar refractivity (Wildman–Crippen MR) is 49.4 cm³/mol. The van der Waals surface area contributed by atoms with Gasteiger partial charge >= 0.3 is 18.9 Å². The van der Waals surface area contributed by atoms with Gasteiger partial charge in [-0.05, 0) is 0 Å². The fourth-order valence-corrected chi connectivity index (χ4v) is 1.03. The van der Waals surface area contributed by atoms with Gasteiger partial charge in [-0.2, -0.15) is 20.5 Å². The maximum Gasteiger partial charge on any atom is 1.00 e. The molecule has 54 valence electrons. The summed E-state index contributed by atoms with van der Waals surface area (Å²) in [6.45, 7) is 6.86. The summed E-state index contributed by atoms with van der Waals surface area (Å²) in [6.07, 6.45) is -0.304. The molecule has 0 heterocycles. The average molecular weight is 140 g/mol. The van der Waals surface area contributed by atoms with E-state index in [-0.39, 0.29) is 25.0 Å². The van der Waals surface area contributed by atoms with Crippen molar-refractivity contribution >= 4 is 11.6 Å². The first-order valence-corrected chi connectivity index (χ1v) is 3.93. The van der Waals surface area contributed by atoms with E-state index in [4.69, 9.17) is 0 Å². The van der Waals surface area contributed by atoms with Gasteiger partial charge in [0, 0.05) is 6.15 Å². The van der Waals surface area contributed by atoms with Crippen LogP contribution in [0.5, 0.6) is 0 Å². The summed E-state index contributed by atoms with van der Waals surface area (Å²) in [4.78, 5) is 0. The van der Waals surface area contributed by atoms with E-state index in [1.54, 1.807) is 0 Å². The van der Waals surface area contributed by atoms with E-state index in [1.807, 2.05) is 0 Å². The minimum Gasteiger partial charge on any atom is -0.211 e. The second-order valence-electron chi connectivity index (χ2n) is 4.01. The fourth-order valence-electron chi connectivity index (χ4n) is 1.03. The average Bonchev–Trinajstić information content (AvgIpc) is 1.88. The first-order valence-electron chi connectivity index (χ1n) is 3.93. The second kappa shape index (κ2) is 4.05. The molecular weight excluding hydrogens is 126 g/mol. The molecule has 1 aromatic rings. The van der Waals surface area contributed by atoms with Crippen molar-refractivity contribution in [2.24, 2.45) is 0 Å². The molecular formula is C9H14BLi. The van der Waals surface area contributed by atoms with E-state index in [0.29, 0.717) is 0 Å². The molecule has 0 bridgehead atoms. The van der Waals surface area contributed by atoms with Crippen LogP contribution >= 0.6 is 0 Å². The molecule has 11 heavy (non-hydrogen) atoms. The molecule has 0 unspecified atom stereocenters. The summed E-state index contributed by atoms with van der Waals surface area (Å²) in [5, 5.41) is 0. The maximum atomic E-state index is 2.29. The molecule has 0 fully saturated rings. The Bertz CT molecular complexity index is 201. The Labute approximate surface area is 81.5 Å². The van der Waals surface area contributed by atoms with Crippen molar-refractivity contribution in [2.75, 3.05) is 0 Å². The van der Waals surface area contributed by atoms with Crippen molar-refractivity contribution in [1.29, 1.82) is 0 Å². The Morgan fingerprint density at radius 1 is 0.909 bits per heavy atom. The molecule has 0 saturated heterocycles. The third-order valence-electron chi connectivity index (χ3n) is 1.80. The summed E-state index contributed by atoms with van der Waals surface area (Å²) in [5.41, 5.74) is 1.46. The van der Waals surface area contributed by atoms with Crippen molar-refractivity contribution < 1.29 is 18.9 Å². The summed E-state index contributed by atoms with van der Waals surface area (Å²) in [6, 6.07) is 10.6. The van der Waals surface area contributed by atoms with E-state index in [9.17, 15) is 0 Å². The molecule has 0 nitrogen and oxygen atoms in total. The van der Waals surface area contributed by atoms with Gasteiger partial charge in [-0.25, -0.2) is 5.46 Å². The van der Waals surface area contributed by atoms with Crippen LogP contribution in [0.1, 0.15) is 0 Å². The third kappa shape index (κ3) is 3.19. The Kier molecular flexibility index (Phi) is 4.00. The molecule has 0 aromatic heterocycles. The van der Waals surface area contributed by atoms with Crippen LogP contribution in [0.4, 0.5) is 0 Å². The molecule has 1 aromatic carbocycles. The van der Waals surface area contributed by atoms with E-state index in [0.717, 1.165) is 0 Å². The van der Waals surface area contributed by atoms with Crippen LogP contribution in [-0.2, 0) is 0 Å². The summed E-state index contributed by atoms with van der Waals surface area (Å²) in [7, 11) is 0. The Morgan fingerprint density at radius 3 is 1.64 bits per heavy atom. The molecule has 2 heteroatoms. The van der Waals surface area contributed by atoms with Crippen LogP contribution in [0.2, 0.25) is 20.5 Å². The van der Waals surface area contributed by atoms with Crippen LogP contribution in [0.25, 0.3) is 0 Å². The maximum absolute atomic E-state index is 2.29. The van der Waals surface area contributed by atoms with Crippen molar-refractivity contribution in [1.82, 2.24) is 0 Å². The number of rotatable bonds is 1. The van der Waals surface area contributed by atoms with E-state index in [1.165, 1.54) is 5.46 Å². The SMILES string of the molecule is C[B-](C)(C)c1ccccc1.[Li+]. The summed E-state index contributed by atoms with van der Waals surface area (Å²) >= 11 is 0. The number of hydrogen-bond acceptors (Lipinski definition) is 0. The van der Waals surface area contributed by atoms with Crippen molar-refractivity contribution in [2.45, 2.75) is 20.5 Å². The van der Waals surface area contributed by atoms with Crippen LogP contribution in [0.15, 0.2) is 30.3 Å². The zero-order valence-corrected chi connectivity index (χ0v) is 7.96. The molecule has 0 spiro atoms. The molecule has 0 radical (unpaired) electrons. The largest absolute Gasteiger partial charge is 1.00 e. The van der Waals surface area contributed by atoms with E-state index >= 15 is 0 Å². The van der Waals surface area contributed by atoms with Crippen molar-refractivity contribution in [3.8, 4) is 0 Å². The Balaban J connectivity index is 0.000001000. The molecule has 0 N–H and O–H groups in total. The van der Waals surface area contributed by atoms with Gasteiger partial charge in [-0.1, -0.05) is 30.3 Å². The van der Waals surface area contributed by atoms with Gasteiger partial charge in [-0.3, -0.25) is 0 Å². The fraction of sp³-hybridized carbons (Fsp3) is 0.333. The van der Waals surface area contributed by atoms with Crippen LogP contribution in [0.3, 0.4) is 0 Å². The smallest absolute Gasteiger partial charge is 0.211 e. The van der Waals surface area contributed by atoms with Gasteiger partial charge < -0.3 is 0 Å². The van der Waals surface area contributed by atoms with Gasteiger partial charge in [0.1, 0.15) is 0 Å². The third-order valence-corrected chi connectivity index (χ3v) is 1.80. The van der Waals surface area contributed by atoms with Crippen LogP contribution in [-0.4, -0.2) is 6.15 Å². The van der Waals surface area contributed by atoms with Gasteiger partial charge in [0.25, 0.3) is 0 Å². The second-order valence-corrected chi connectivity index (χ2v) is 4.01. The number of hydrogen-bond donors (Lipinski definition) is 0. The zero-order valence-electron chi connectivity index (χ0n) is 7.96. The van der Waals surface area contributed by atoms with Gasteiger partial charge in [-0.15, -0.1) is 0 Å². The Morgan fingerprint density at radius 2 is 1.36 bits per heavy atom. The van der Waals surface area contributed by atoms with Crippen molar-refractivity contribution in [3.05, 3.63) is 30.3 Å². The monoisotopic (exact) mass is 140 g/mol. The Hall–Kier alpha value is -0.118.